The number of nitrogens with one attached hydrogen (secondary N) is 1. The number of anilines is 1. The predicted octanol–water partition coefficient (Wildman–Crippen LogP) is 5.75. The van der Waals surface area contributed by atoms with Crippen LogP contribution in [0, 0.1) is 11.8 Å². The van der Waals surface area contributed by atoms with Gasteiger partial charge in [0.2, 0.25) is 15.9 Å². The number of fused-ring (bicyclic) bond motifs is 3. The van der Waals surface area contributed by atoms with Crippen molar-refractivity contribution in [1.82, 2.24) is 9.62 Å². The van der Waals surface area contributed by atoms with Gasteiger partial charge in [-0.15, -0.1) is 0 Å². The average Bonchev–Trinajstić information content (AvgIpc) is 3.07. The number of ether oxygens (including phenoxy) is 2. The highest BCUT2D eigenvalue weighted by atomic mass is 35.5. The summed E-state index contributed by atoms with van der Waals surface area (Å²) in [4.78, 5) is 31.4. The minimum Gasteiger partial charge on any atom is -0.497 e. The molecule has 0 aromatic heterocycles. The van der Waals surface area contributed by atoms with Crippen LogP contribution >= 0.6 is 11.6 Å². The number of nitrogens with zero attached hydrogens (tertiary/aromatic N) is 2. The van der Waals surface area contributed by atoms with Crippen molar-refractivity contribution in [3.05, 3.63) is 100 Å². The van der Waals surface area contributed by atoms with E-state index in [0.29, 0.717) is 42.7 Å². The van der Waals surface area contributed by atoms with Crippen LogP contribution in [0.25, 0.3) is 0 Å². The van der Waals surface area contributed by atoms with Crippen LogP contribution in [-0.4, -0.2) is 57.6 Å². The summed E-state index contributed by atoms with van der Waals surface area (Å²) < 4.78 is 39.7. The molecule has 1 saturated carbocycles. The van der Waals surface area contributed by atoms with Crippen LogP contribution in [0.5, 0.6) is 11.5 Å². The number of amides is 2. The summed E-state index contributed by atoms with van der Waals surface area (Å²) >= 11 is 6.33. The molecule has 3 aromatic carbocycles. The third-order valence-corrected chi connectivity index (χ3v) is 10.7. The highest BCUT2D eigenvalue weighted by Crippen LogP contribution is 2.40. The molecule has 0 radical (unpaired) electrons. The Bertz CT molecular complexity index is 1760. The minimum atomic E-state index is -3.97. The van der Waals surface area contributed by atoms with Gasteiger partial charge in [-0.3, -0.25) is 9.59 Å². The fourth-order valence-corrected chi connectivity index (χ4v) is 7.60. The van der Waals surface area contributed by atoms with E-state index < -0.39 is 15.9 Å². The first-order valence-corrected chi connectivity index (χ1v) is 18.1. The van der Waals surface area contributed by atoms with Crippen LogP contribution < -0.4 is 19.1 Å². The van der Waals surface area contributed by atoms with E-state index >= 15 is 0 Å². The molecule has 47 heavy (non-hydrogen) atoms. The van der Waals surface area contributed by atoms with Crippen LogP contribution in [0.15, 0.2) is 72.8 Å². The molecule has 2 aliphatic heterocycles. The number of sulfonamides is 1. The second-order valence-electron chi connectivity index (χ2n) is 12.5. The molecule has 2 amide bonds. The minimum absolute atomic E-state index is 0.0559. The maximum absolute atomic E-state index is 14.1. The lowest BCUT2D eigenvalue weighted by molar-refractivity contribution is -0.141. The van der Waals surface area contributed by atoms with Gasteiger partial charge in [-0.1, -0.05) is 42.0 Å². The largest absolute Gasteiger partial charge is 0.497 e. The zero-order chi connectivity index (χ0) is 33.0. The van der Waals surface area contributed by atoms with Crippen LogP contribution in [-0.2, 0) is 34.4 Å². The van der Waals surface area contributed by atoms with E-state index in [1.807, 2.05) is 42.5 Å². The Hall–Kier alpha value is -4.02. The second kappa shape index (κ2) is 14.4. The number of carbonyl (C=O) groups is 2. The third kappa shape index (κ3) is 7.93. The number of benzene rings is 3. The lowest BCUT2D eigenvalue weighted by atomic mass is 9.72. The molecular weight excluding hydrogens is 638 g/mol. The van der Waals surface area contributed by atoms with E-state index in [0.717, 1.165) is 54.5 Å². The van der Waals surface area contributed by atoms with Gasteiger partial charge in [0.05, 0.1) is 18.6 Å². The number of halogens is 1. The van der Waals surface area contributed by atoms with Gasteiger partial charge in [0, 0.05) is 42.7 Å². The van der Waals surface area contributed by atoms with Crippen molar-refractivity contribution in [2.24, 2.45) is 11.8 Å². The third-order valence-electron chi connectivity index (χ3n) is 9.33. The van der Waals surface area contributed by atoms with E-state index in [1.54, 1.807) is 36.3 Å². The quantitative estimate of drug-likeness (QED) is 0.352. The maximum atomic E-state index is 14.1. The molecule has 2 atom stereocenters. The molecule has 1 N–H and O–H groups in total. The first-order valence-electron chi connectivity index (χ1n) is 16.1. The molecular formula is C36H40ClN3O6S. The molecule has 9 nitrogen and oxygen atoms in total. The molecule has 0 saturated heterocycles. The Morgan fingerprint density at radius 1 is 0.979 bits per heavy atom. The normalized spacial score (nSPS) is 22.3. The highest BCUT2D eigenvalue weighted by molar-refractivity contribution is 7.90. The Labute approximate surface area is 281 Å². The van der Waals surface area contributed by atoms with Crippen molar-refractivity contribution >= 4 is 39.1 Å². The predicted molar refractivity (Wildman–Crippen MR) is 182 cm³/mol. The fraction of sp³-hybridized carbons (Fsp3) is 0.389. The summed E-state index contributed by atoms with van der Waals surface area (Å²) in [6.45, 7) is 2.26. The summed E-state index contributed by atoms with van der Waals surface area (Å²) in [6.07, 6.45) is 7.53. The van der Waals surface area contributed by atoms with Gasteiger partial charge < -0.3 is 19.3 Å². The van der Waals surface area contributed by atoms with Crippen molar-refractivity contribution in [3.63, 3.8) is 0 Å². The summed E-state index contributed by atoms with van der Waals surface area (Å²) in [6, 6.07) is 18.5. The lowest BCUT2D eigenvalue weighted by Gasteiger charge is -2.42. The summed E-state index contributed by atoms with van der Waals surface area (Å²) in [5.74, 6) is 0.248. The van der Waals surface area contributed by atoms with Crippen LogP contribution in [0.3, 0.4) is 0 Å². The van der Waals surface area contributed by atoms with Gasteiger partial charge in [-0.2, -0.15) is 0 Å². The lowest BCUT2D eigenvalue weighted by Crippen LogP contribution is -2.47. The molecule has 1 fully saturated rings. The number of hydrogen-bond donors (Lipinski definition) is 1. The molecule has 6 rings (SSSR count). The van der Waals surface area contributed by atoms with Gasteiger partial charge >= 0.3 is 0 Å². The van der Waals surface area contributed by atoms with E-state index in [9.17, 15) is 18.0 Å². The molecule has 2 bridgehead atoms. The Kier molecular flexibility index (Phi) is 10.1. The first kappa shape index (κ1) is 32.9. The average molecular weight is 678 g/mol. The smallest absolute Gasteiger partial charge is 0.264 e. The zero-order valence-electron chi connectivity index (χ0n) is 26.5. The fourth-order valence-electron chi connectivity index (χ4n) is 6.53. The number of hydrogen-bond acceptors (Lipinski definition) is 7. The van der Waals surface area contributed by atoms with Crippen molar-refractivity contribution in [2.75, 3.05) is 37.4 Å². The molecule has 2 heterocycles. The summed E-state index contributed by atoms with van der Waals surface area (Å²) in [5.41, 5.74) is 4.09. The standard InChI is InChI=1S/C36H40ClN3O6S/c1-45-31-13-7-25(8-14-31)22-40-18-4-5-19-47(43,44)38-35(41)27-11-16-34-33(21-27)39(23-28-10-15-32(28)36(40)42)17-3-2-6-26-20-30(37)12-9-29(26)24-46-34/h4-5,7-9,11-14,16,20-21,28,32H,2-3,6,10,15,17-19,22-24H2,1H3,(H,38,41)/b5-4-/t28-,32+/m0/s1. The van der Waals surface area contributed by atoms with Crippen LogP contribution in [0.1, 0.15) is 52.7 Å². The summed E-state index contributed by atoms with van der Waals surface area (Å²) in [7, 11) is -2.36. The molecule has 0 unspecified atom stereocenters. The van der Waals surface area contributed by atoms with Crippen molar-refractivity contribution < 1.29 is 27.5 Å². The molecule has 0 spiro atoms. The number of methoxy groups -OCH3 is 1. The number of rotatable bonds is 3. The SMILES string of the molecule is COc1ccc(CN2C/C=C\CS(=O)(=O)NC(=O)c3ccc4c(c3)N(CCCCc3cc(Cl)ccc3CO4)C[C@@H]3CC[C@H]3C2=O)cc1. The second-order valence-corrected chi connectivity index (χ2v) is 14.7. The van der Waals surface area contributed by atoms with Gasteiger partial charge in [0.25, 0.3) is 5.91 Å². The highest BCUT2D eigenvalue weighted by Gasteiger charge is 2.40. The molecule has 248 valence electrons. The van der Waals surface area contributed by atoms with E-state index in [4.69, 9.17) is 21.1 Å². The molecule has 3 aliphatic rings. The summed E-state index contributed by atoms with van der Waals surface area (Å²) in [5, 5.41) is 0.687. The van der Waals surface area contributed by atoms with Crippen LogP contribution in [0.4, 0.5) is 5.69 Å². The Morgan fingerprint density at radius 3 is 2.57 bits per heavy atom. The van der Waals surface area contributed by atoms with Gasteiger partial charge in [-0.05, 0) is 97.2 Å². The Balaban J connectivity index is 1.34. The Morgan fingerprint density at radius 2 is 1.81 bits per heavy atom. The zero-order valence-corrected chi connectivity index (χ0v) is 28.1. The molecule has 11 heteroatoms. The van der Waals surface area contributed by atoms with Crippen molar-refractivity contribution in [1.29, 1.82) is 0 Å². The first-order chi connectivity index (χ1) is 22.7. The topological polar surface area (TPSA) is 105 Å². The monoisotopic (exact) mass is 677 g/mol. The number of carbonyl (C=O) groups excluding carboxylic acids is 2. The van der Waals surface area contributed by atoms with E-state index in [-0.39, 0.29) is 35.6 Å². The van der Waals surface area contributed by atoms with Gasteiger partial charge in [0.1, 0.15) is 18.1 Å². The van der Waals surface area contributed by atoms with E-state index in [2.05, 4.69) is 9.62 Å². The van der Waals surface area contributed by atoms with Crippen LogP contribution in [0.2, 0.25) is 5.02 Å². The van der Waals surface area contributed by atoms with E-state index in [1.165, 1.54) is 6.08 Å². The number of aryl methyl sites for hydroxylation is 1. The maximum Gasteiger partial charge on any atom is 0.264 e. The van der Waals surface area contributed by atoms with Crippen molar-refractivity contribution in [3.8, 4) is 11.5 Å². The molecule has 1 aliphatic carbocycles. The van der Waals surface area contributed by atoms with Gasteiger partial charge in [-0.25, -0.2) is 13.1 Å². The molecule has 3 aromatic rings. The van der Waals surface area contributed by atoms with Crippen molar-refractivity contribution in [2.45, 2.75) is 45.3 Å². The van der Waals surface area contributed by atoms with Gasteiger partial charge in [0.15, 0.2) is 0 Å².